The fourth-order valence-electron chi connectivity index (χ4n) is 1.71. The summed E-state index contributed by atoms with van der Waals surface area (Å²) in [5.74, 6) is 0.196. The van der Waals surface area contributed by atoms with Gasteiger partial charge in [-0.15, -0.1) is 12.4 Å². The molecule has 0 aliphatic heterocycles. The first-order chi connectivity index (χ1) is 9.47. The van der Waals surface area contributed by atoms with Gasteiger partial charge in [-0.1, -0.05) is 13.0 Å². The summed E-state index contributed by atoms with van der Waals surface area (Å²) in [5.41, 5.74) is 8.08. The lowest BCUT2D eigenvalue weighted by molar-refractivity contribution is -0.119. The van der Waals surface area contributed by atoms with Crippen molar-refractivity contribution in [1.82, 2.24) is 4.98 Å². The van der Waals surface area contributed by atoms with E-state index in [1.54, 1.807) is 13.2 Å². The second-order valence-corrected chi connectivity index (χ2v) is 5.01. The molecule has 2 unspecified atom stereocenters. The Balaban J connectivity index is 0.00000220. The van der Waals surface area contributed by atoms with Gasteiger partial charge in [-0.25, -0.2) is 4.98 Å². The zero-order valence-electron chi connectivity index (χ0n) is 12.3. The number of amides is 1. The van der Waals surface area contributed by atoms with Crippen LogP contribution in [0.1, 0.15) is 19.5 Å². The summed E-state index contributed by atoms with van der Waals surface area (Å²) in [5, 5.41) is 2.85. The number of carbonyl (C=O) groups is 1. The predicted molar refractivity (Wildman–Crippen MR) is 85.4 cm³/mol. The molecule has 0 fully saturated rings. The molecular weight excluding hydrogens is 290 g/mol. The number of aromatic nitrogens is 1. The van der Waals surface area contributed by atoms with Gasteiger partial charge in [-0.05, 0) is 32.0 Å². The molecular formula is C15H20ClN3O2. The van der Waals surface area contributed by atoms with Crippen molar-refractivity contribution in [2.24, 2.45) is 11.7 Å². The van der Waals surface area contributed by atoms with E-state index in [1.165, 1.54) is 0 Å². The van der Waals surface area contributed by atoms with Crippen LogP contribution in [0.4, 0.5) is 5.69 Å². The molecule has 0 aliphatic carbocycles. The Bertz CT molecular complexity index is 610. The third kappa shape index (κ3) is 4.31. The third-order valence-corrected chi connectivity index (χ3v) is 3.20. The molecule has 5 nitrogen and oxygen atoms in total. The summed E-state index contributed by atoms with van der Waals surface area (Å²) in [6.07, 6.45) is 1.60. The number of halogens is 1. The third-order valence-electron chi connectivity index (χ3n) is 3.20. The highest BCUT2D eigenvalue weighted by molar-refractivity contribution is 5.93. The van der Waals surface area contributed by atoms with E-state index < -0.39 is 0 Å². The zero-order chi connectivity index (χ0) is 14.7. The van der Waals surface area contributed by atoms with E-state index in [0.29, 0.717) is 11.6 Å². The molecule has 0 spiro atoms. The van der Waals surface area contributed by atoms with Crippen molar-refractivity contribution in [2.45, 2.75) is 26.8 Å². The number of anilines is 1. The van der Waals surface area contributed by atoms with Gasteiger partial charge in [0, 0.05) is 17.3 Å². The zero-order valence-corrected chi connectivity index (χ0v) is 13.1. The Kier molecular flexibility index (Phi) is 5.93. The highest BCUT2D eigenvalue weighted by atomic mass is 35.5. The Hall–Kier alpha value is -1.85. The van der Waals surface area contributed by atoms with Crippen LogP contribution < -0.4 is 11.1 Å². The minimum absolute atomic E-state index is 0. The maximum absolute atomic E-state index is 12.0. The van der Waals surface area contributed by atoms with Crippen LogP contribution >= 0.6 is 12.4 Å². The predicted octanol–water partition coefficient (Wildman–Crippen LogP) is 2.99. The number of nitrogens with one attached hydrogen (secondary N) is 1. The lowest BCUT2D eigenvalue weighted by Crippen LogP contribution is -2.34. The maximum atomic E-state index is 12.0. The first-order valence-corrected chi connectivity index (χ1v) is 6.56. The summed E-state index contributed by atoms with van der Waals surface area (Å²) in [6, 6.07) is 7.20. The summed E-state index contributed by atoms with van der Waals surface area (Å²) in [4.78, 5) is 16.2. The largest absolute Gasteiger partial charge is 0.444 e. The molecule has 2 rings (SSSR count). The molecule has 0 bridgehead atoms. The van der Waals surface area contributed by atoms with Crippen molar-refractivity contribution < 1.29 is 9.21 Å². The molecule has 2 aromatic rings. The summed E-state index contributed by atoms with van der Waals surface area (Å²) >= 11 is 0. The minimum atomic E-state index is -0.248. The van der Waals surface area contributed by atoms with Gasteiger partial charge < -0.3 is 15.5 Å². The van der Waals surface area contributed by atoms with Crippen LogP contribution in [0, 0.1) is 12.8 Å². The molecule has 1 heterocycles. The standard InChI is InChI=1S/C15H19N3O2.ClH/c1-9-8-20-15(17-9)12-5-4-6-13(7-12)18-14(19)10(2)11(3)16;/h4-8,10-11H,16H2,1-3H3,(H,18,19);1H. The van der Waals surface area contributed by atoms with Crippen LogP contribution in [0.2, 0.25) is 0 Å². The number of nitrogens with two attached hydrogens (primary N) is 1. The smallest absolute Gasteiger partial charge is 0.228 e. The van der Waals surface area contributed by atoms with Gasteiger partial charge in [0.15, 0.2) is 0 Å². The second-order valence-electron chi connectivity index (χ2n) is 5.01. The number of aryl methyl sites for hydroxylation is 1. The number of benzene rings is 1. The van der Waals surface area contributed by atoms with Crippen LogP contribution in [0.3, 0.4) is 0 Å². The van der Waals surface area contributed by atoms with Crippen molar-refractivity contribution >= 4 is 24.0 Å². The molecule has 21 heavy (non-hydrogen) atoms. The van der Waals surface area contributed by atoms with Crippen LogP contribution in [0.5, 0.6) is 0 Å². The molecule has 1 aromatic carbocycles. The van der Waals surface area contributed by atoms with Crippen molar-refractivity contribution in [3.8, 4) is 11.5 Å². The first-order valence-electron chi connectivity index (χ1n) is 6.56. The molecule has 2 atom stereocenters. The van der Waals surface area contributed by atoms with Gasteiger partial charge in [0.05, 0.1) is 11.6 Å². The maximum Gasteiger partial charge on any atom is 0.228 e. The van der Waals surface area contributed by atoms with Crippen LogP contribution in [0.25, 0.3) is 11.5 Å². The van der Waals surface area contributed by atoms with E-state index in [9.17, 15) is 4.79 Å². The Morgan fingerprint density at radius 2 is 2.10 bits per heavy atom. The second kappa shape index (κ2) is 7.24. The molecule has 0 saturated carbocycles. The van der Waals surface area contributed by atoms with Crippen LogP contribution in [-0.2, 0) is 4.79 Å². The fourth-order valence-corrected chi connectivity index (χ4v) is 1.71. The summed E-state index contributed by atoms with van der Waals surface area (Å²) in [7, 11) is 0. The number of oxazole rings is 1. The van der Waals surface area contributed by atoms with Gasteiger partial charge in [0.2, 0.25) is 11.8 Å². The molecule has 1 aromatic heterocycles. The monoisotopic (exact) mass is 309 g/mol. The molecule has 6 heteroatoms. The highest BCUT2D eigenvalue weighted by Crippen LogP contribution is 2.22. The van der Waals surface area contributed by atoms with E-state index in [-0.39, 0.29) is 30.3 Å². The van der Waals surface area contributed by atoms with Gasteiger partial charge in [0.25, 0.3) is 0 Å². The topological polar surface area (TPSA) is 81.2 Å². The average molecular weight is 310 g/mol. The summed E-state index contributed by atoms with van der Waals surface area (Å²) < 4.78 is 5.35. The minimum Gasteiger partial charge on any atom is -0.444 e. The van der Waals surface area contributed by atoms with Crippen molar-refractivity contribution in [3.05, 3.63) is 36.2 Å². The fraction of sp³-hybridized carbons (Fsp3) is 0.333. The molecule has 0 saturated heterocycles. The van der Waals surface area contributed by atoms with Crippen molar-refractivity contribution in [3.63, 3.8) is 0 Å². The lowest BCUT2D eigenvalue weighted by atomic mass is 10.0. The van der Waals surface area contributed by atoms with Crippen LogP contribution in [-0.4, -0.2) is 16.9 Å². The Morgan fingerprint density at radius 1 is 1.38 bits per heavy atom. The number of hydrogen-bond donors (Lipinski definition) is 2. The lowest BCUT2D eigenvalue weighted by Gasteiger charge is -2.15. The van der Waals surface area contributed by atoms with E-state index in [1.807, 2.05) is 38.1 Å². The number of nitrogens with zero attached hydrogens (tertiary/aromatic N) is 1. The molecule has 0 radical (unpaired) electrons. The van der Waals surface area contributed by atoms with E-state index >= 15 is 0 Å². The van der Waals surface area contributed by atoms with E-state index in [4.69, 9.17) is 10.2 Å². The number of carbonyl (C=O) groups excluding carboxylic acids is 1. The van der Waals surface area contributed by atoms with Gasteiger partial charge in [0.1, 0.15) is 6.26 Å². The van der Waals surface area contributed by atoms with E-state index in [0.717, 1.165) is 11.3 Å². The Morgan fingerprint density at radius 3 is 2.67 bits per heavy atom. The molecule has 114 valence electrons. The Labute approximate surface area is 130 Å². The van der Waals surface area contributed by atoms with Crippen molar-refractivity contribution in [1.29, 1.82) is 0 Å². The molecule has 1 amide bonds. The van der Waals surface area contributed by atoms with Gasteiger partial charge in [-0.2, -0.15) is 0 Å². The van der Waals surface area contributed by atoms with Gasteiger partial charge in [-0.3, -0.25) is 4.79 Å². The quantitative estimate of drug-likeness (QED) is 0.909. The summed E-state index contributed by atoms with van der Waals surface area (Å²) in [6.45, 7) is 5.49. The van der Waals surface area contributed by atoms with Crippen LogP contribution in [0.15, 0.2) is 34.9 Å². The molecule has 0 aliphatic rings. The normalized spacial score (nSPS) is 13.1. The van der Waals surface area contributed by atoms with E-state index in [2.05, 4.69) is 10.3 Å². The van der Waals surface area contributed by atoms with Crippen molar-refractivity contribution in [2.75, 3.05) is 5.32 Å². The number of rotatable bonds is 4. The average Bonchev–Trinajstić information content (AvgIpc) is 2.84. The highest BCUT2D eigenvalue weighted by Gasteiger charge is 2.17. The van der Waals surface area contributed by atoms with Gasteiger partial charge >= 0.3 is 0 Å². The SMILES string of the molecule is Cc1coc(-c2cccc(NC(=O)C(C)C(C)N)c2)n1.Cl. The molecule has 3 N–H and O–H groups in total. The number of hydrogen-bond acceptors (Lipinski definition) is 4. The first kappa shape index (κ1) is 17.2.